The maximum atomic E-state index is 11.9. The van der Waals surface area contributed by atoms with Crippen LogP contribution in [0.25, 0.3) is 0 Å². The van der Waals surface area contributed by atoms with Gasteiger partial charge in [-0.2, -0.15) is 0 Å². The van der Waals surface area contributed by atoms with Crippen molar-refractivity contribution in [2.75, 3.05) is 33.2 Å². The summed E-state index contributed by atoms with van der Waals surface area (Å²) < 4.78 is 14.5. The zero-order chi connectivity index (χ0) is 15.6. The molecule has 0 radical (unpaired) electrons. The number of hydrogen-bond donors (Lipinski definition) is 1. The van der Waals surface area contributed by atoms with E-state index in [1.165, 1.54) is 21.3 Å². The summed E-state index contributed by atoms with van der Waals surface area (Å²) in [5.74, 6) is 0.669. The lowest BCUT2D eigenvalue weighted by Crippen LogP contribution is -2.12. The van der Waals surface area contributed by atoms with Gasteiger partial charge in [-0.3, -0.25) is 0 Å². The van der Waals surface area contributed by atoms with Gasteiger partial charge in [-0.05, 0) is 6.42 Å². The van der Waals surface area contributed by atoms with E-state index in [1.807, 2.05) is 0 Å². The molecule has 0 aliphatic heterocycles. The zero-order valence-electron chi connectivity index (χ0n) is 12.0. The van der Waals surface area contributed by atoms with Crippen molar-refractivity contribution in [2.24, 2.45) is 5.92 Å². The number of methoxy groups -OCH3 is 3. The third-order valence-corrected chi connectivity index (χ3v) is 4.35. The molecule has 0 heterocycles. The number of alkyl halides is 2. The maximum absolute atomic E-state index is 11.9. The van der Waals surface area contributed by atoms with E-state index >= 15 is 0 Å². The van der Waals surface area contributed by atoms with Crippen LogP contribution in [0.4, 0.5) is 5.69 Å². The van der Waals surface area contributed by atoms with Crippen LogP contribution in [-0.4, -0.2) is 38.2 Å². The number of esters is 1. The number of anilines is 1. The highest BCUT2D eigenvalue weighted by atomic mass is 35.5. The number of carbonyl (C=O) groups is 1. The Kier molecular flexibility index (Phi) is 4.74. The summed E-state index contributed by atoms with van der Waals surface area (Å²) in [6.07, 6.45) is 0.726. The van der Waals surface area contributed by atoms with E-state index < -0.39 is 10.3 Å². The number of rotatable bonds is 6. The Labute approximate surface area is 133 Å². The van der Waals surface area contributed by atoms with Crippen LogP contribution in [0.15, 0.2) is 12.1 Å². The second-order valence-electron chi connectivity index (χ2n) is 4.79. The van der Waals surface area contributed by atoms with Crippen molar-refractivity contribution in [1.82, 2.24) is 0 Å². The van der Waals surface area contributed by atoms with Crippen LogP contribution in [0.5, 0.6) is 11.5 Å². The molecule has 0 aromatic heterocycles. The molecule has 1 aromatic carbocycles. The first-order valence-corrected chi connectivity index (χ1v) is 7.14. The van der Waals surface area contributed by atoms with E-state index in [-0.39, 0.29) is 5.92 Å². The highest BCUT2D eigenvalue weighted by molar-refractivity contribution is 6.50. The molecule has 2 rings (SSSR count). The minimum absolute atomic E-state index is 0.152. The maximum Gasteiger partial charge on any atom is 0.340 e. The Hall–Kier alpha value is -1.33. The third kappa shape index (κ3) is 3.47. The minimum atomic E-state index is -0.672. The Balaban J connectivity index is 2.25. The van der Waals surface area contributed by atoms with Crippen molar-refractivity contribution < 1.29 is 19.0 Å². The summed E-state index contributed by atoms with van der Waals surface area (Å²) in [5, 5.41) is 3.17. The first kappa shape index (κ1) is 16.0. The monoisotopic (exact) mass is 333 g/mol. The summed E-state index contributed by atoms with van der Waals surface area (Å²) in [6.45, 7) is 0.562. The van der Waals surface area contributed by atoms with E-state index in [4.69, 9.17) is 37.4 Å². The normalized spacial score (nSPS) is 18.8. The van der Waals surface area contributed by atoms with Crippen LogP contribution in [0.1, 0.15) is 16.8 Å². The number of halogens is 2. The molecule has 1 aliphatic carbocycles. The minimum Gasteiger partial charge on any atom is -0.493 e. The molecule has 1 fully saturated rings. The molecule has 21 heavy (non-hydrogen) atoms. The van der Waals surface area contributed by atoms with Gasteiger partial charge >= 0.3 is 5.97 Å². The molecular weight excluding hydrogens is 317 g/mol. The van der Waals surface area contributed by atoms with Gasteiger partial charge in [-0.1, -0.05) is 0 Å². The van der Waals surface area contributed by atoms with Crippen LogP contribution in [0.2, 0.25) is 0 Å². The lowest BCUT2D eigenvalue weighted by Gasteiger charge is -2.15. The first-order valence-electron chi connectivity index (χ1n) is 6.39. The van der Waals surface area contributed by atoms with Crippen LogP contribution in [0, 0.1) is 5.92 Å². The number of ether oxygens (including phenoxy) is 3. The van der Waals surface area contributed by atoms with Crippen LogP contribution >= 0.6 is 23.2 Å². The van der Waals surface area contributed by atoms with Gasteiger partial charge in [0.25, 0.3) is 0 Å². The average Bonchev–Trinajstić information content (AvgIpc) is 3.10. The first-order chi connectivity index (χ1) is 9.92. The summed E-state index contributed by atoms with van der Waals surface area (Å²) in [7, 11) is 4.36. The predicted molar refractivity (Wildman–Crippen MR) is 81.9 cm³/mol. The highest BCUT2D eigenvalue weighted by Crippen LogP contribution is 2.53. The van der Waals surface area contributed by atoms with Gasteiger partial charge in [0.2, 0.25) is 0 Å². The Morgan fingerprint density at radius 1 is 1.29 bits per heavy atom. The molecule has 7 heteroatoms. The molecule has 0 amide bonds. The summed E-state index contributed by atoms with van der Waals surface area (Å²) in [6, 6.07) is 3.27. The largest absolute Gasteiger partial charge is 0.493 e. The van der Waals surface area contributed by atoms with Crippen LogP contribution < -0.4 is 14.8 Å². The molecule has 116 valence electrons. The van der Waals surface area contributed by atoms with Crippen molar-refractivity contribution >= 4 is 34.9 Å². The predicted octanol–water partition coefficient (Wildman–Crippen LogP) is 3.10. The standard InChI is InChI=1S/C14H17Cl2NO4/c1-19-11-4-9(13(18)21-3)10(5-12(11)20-2)17-7-8-6-14(8,15)16/h4-5,8,17H,6-7H2,1-3H3. The summed E-state index contributed by atoms with van der Waals surface area (Å²) in [5.41, 5.74) is 0.959. The second-order valence-corrected chi connectivity index (χ2v) is 6.33. The van der Waals surface area contributed by atoms with Crippen molar-refractivity contribution in [3.05, 3.63) is 17.7 Å². The summed E-state index contributed by atoms with van der Waals surface area (Å²) >= 11 is 12.0. The molecule has 1 unspecified atom stereocenters. The van der Waals surface area contributed by atoms with Crippen molar-refractivity contribution in [3.8, 4) is 11.5 Å². The fourth-order valence-corrected chi connectivity index (χ4v) is 2.56. The molecule has 0 saturated heterocycles. The van der Waals surface area contributed by atoms with Crippen LogP contribution in [0.3, 0.4) is 0 Å². The molecule has 0 bridgehead atoms. The van der Waals surface area contributed by atoms with Gasteiger partial charge in [0.1, 0.15) is 4.33 Å². The molecule has 5 nitrogen and oxygen atoms in total. The fraction of sp³-hybridized carbons (Fsp3) is 0.500. The van der Waals surface area contributed by atoms with E-state index in [1.54, 1.807) is 12.1 Å². The molecule has 1 atom stereocenters. The van der Waals surface area contributed by atoms with E-state index in [2.05, 4.69) is 5.32 Å². The lowest BCUT2D eigenvalue weighted by molar-refractivity contribution is 0.0601. The van der Waals surface area contributed by atoms with E-state index in [9.17, 15) is 4.79 Å². The summed E-state index contributed by atoms with van der Waals surface area (Å²) in [4.78, 5) is 11.9. The molecule has 1 N–H and O–H groups in total. The number of carbonyl (C=O) groups excluding carboxylic acids is 1. The molecule has 1 aromatic rings. The SMILES string of the molecule is COC(=O)c1cc(OC)c(OC)cc1NCC1CC1(Cl)Cl. The average molecular weight is 334 g/mol. The third-order valence-electron chi connectivity index (χ3n) is 3.42. The molecule has 1 saturated carbocycles. The topological polar surface area (TPSA) is 56.8 Å². The van der Waals surface area contributed by atoms with Gasteiger partial charge in [0, 0.05) is 24.6 Å². The number of nitrogens with one attached hydrogen (secondary N) is 1. The lowest BCUT2D eigenvalue weighted by atomic mass is 10.1. The quantitative estimate of drug-likeness (QED) is 0.640. The zero-order valence-corrected chi connectivity index (χ0v) is 13.5. The second kappa shape index (κ2) is 6.20. The molecular formula is C14H17Cl2NO4. The van der Waals surface area contributed by atoms with Crippen molar-refractivity contribution in [2.45, 2.75) is 10.8 Å². The van der Waals surface area contributed by atoms with Crippen molar-refractivity contribution in [3.63, 3.8) is 0 Å². The van der Waals surface area contributed by atoms with Gasteiger partial charge in [0.15, 0.2) is 11.5 Å². The van der Waals surface area contributed by atoms with Crippen molar-refractivity contribution in [1.29, 1.82) is 0 Å². The highest BCUT2D eigenvalue weighted by Gasteiger charge is 2.51. The fourth-order valence-electron chi connectivity index (χ4n) is 2.03. The molecule has 0 spiro atoms. The van der Waals surface area contributed by atoms with Gasteiger partial charge in [-0.25, -0.2) is 4.79 Å². The van der Waals surface area contributed by atoms with Gasteiger partial charge < -0.3 is 19.5 Å². The Morgan fingerprint density at radius 2 is 1.86 bits per heavy atom. The smallest absolute Gasteiger partial charge is 0.340 e. The van der Waals surface area contributed by atoms with Gasteiger partial charge in [0.05, 0.1) is 32.6 Å². The van der Waals surface area contributed by atoms with E-state index in [0.29, 0.717) is 29.3 Å². The Morgan fingerprint density at radius 3 is 2.33 bits per heavy atom. The Bertz CT molecular complexity index is 548. The number of benzene rings is 1. The van der Waals surface area contributed by atoms with E-state index in [0.717, 1.165) is 6.42 Å². The van der Waals surface area contributed by atoms with Gasteiger partial charge in [-0.15, -0.1) is 23.2 Å². The molecule has 1 aliphatic rings. The number of hydrogen-bond acceptors (Lipinski definition) is 5. The van der Waals surface area contributed by atoms with Crippen LogP contribution in [-0.2, 0) is 4.74 Å².